The Labute approximate surface area is 128 Å². The van der Waals surface area contributed by atoms with Crippen molar-refractivity contribution in [2.75, 3.05) is 11.9 Å². The van der Waals surface area contributed by atoms with Gasteiger partial charge in [-0.15, -0.1) is 5.10 Å². The van der Waals surface area contributed by atoms with Crippen LogP contribution >= 0.6 is 0 Å². The first-order valence-electron chi connectivity index (χ1n) is 7.00. The standard InChI is InChI=1S/C15H18N6O/c1-11-5-3-4-6-13(11)21-10-12(8-17-21)9-20(2)15-19-18-14(7-16)22-15/h3-6,8,10H,7,9,16H2,1-2H3. The van der Waals surface area contributed by atoms with E-state index in [-0.39, 0.29) is 6.54 Å². The van der Waals surface area contributed by atoms with Gasteiger partial charge in [0.2, 0.25) is 5.89 Å². The van der Waals surface area contributed by atoms with Crippen molar-refractivity contribution in [3.8, 4) is 5.69 Å². The second kappa shape index (κ2) is 5.98. The van der Waals surface area contributed by atoms with Crippen molar-refractivity contribution in [2.45, 2.75) is 20.0 Å². The minimum absolute atomic E-state index is 0.242. The van der Waals surface area contributed by atoms with Gasteiger partial charge in [0, 0.05) is 18.8 Å². The molecule has 0 bridgehead atoms. The van der Waals surface area contributed by atoms with E-state index in [1.54, 1.807) is 0 Å². The summed E-state index contributed by atoms with van der Waals surface area (Å²) < 4.78 is 7.30. The molecule has 0 aliphatic heterocycles. The van der Waals surface area contributed by atoms with Crippen LogP contribution in [0.1, 0.15) is 17.0 Å². The van der Waals surface area contributed by atoms with E-state index in [2.05, 4.69) is 28.3 Å². The van der Waals surface area contributed by atoms with Crippen LogP contribution in [0.2, 0.25) is 0 Å². The van der Waals surface area contributed by atoms with E-state index in [9.17, 15) is 0 Å². The second-order valence-corrected chi connectivity index (χ2v) is 5.12. The summed E-state index contributed by atoms with van der Waals surface area (Å²) in [5.74, 6) is 0.428. The molecule has 0 spiro atoms. The van der Waals surface area contributed by atoms with Crippen LogP contribution in [0.4, 0.5) is 6.01 Å². The molecule has 0 saturated carbocycles. The van der Waals surface area contributed by atoms with E-state index < -0.39 is 0 Å². The molecule has 0 fully saturated rings. The average molecular weight is 298 g/mol. The van der Waals surface area contributed by atoms with Crippen molar-refractivity contribution in [1.29, 1.82) is 0 Å². The van der Waals surface area contributed by atoms with Crippen LogP contribution in [-0.4, -0.2) is 27.0 Å². The third-order valence-electron chi connectivity index (χ3n) is 3.38. The van der Waals surface area contributed by atoms with Crippen molar-refractivity contribution in [2.24, 2.45) is 5.73 Å². The Morgan fingerprint density at radius 2 is 2.09 bits per heavy atom. The molecule has 3 rings (SSSR count). The number of rotatable bonds is 5. The third-order valence-corrected chi connectivity index (χ3v) is 3.38. The normalized spacial score (nSPS) is 10.9. The molecule has 7 heteroatoms. The predicted octanol–water partition coefficient (Wildman–Crippen LogP) is 1.66. The maximum Gasteiger partial charge on any atom is 0.318 e. The van der Waals surface area contributed by atoms with E-state index in [4.69, 9.17) is 10.2 Å². The van der Waals surface area contributed by atoms with E-state index in [1.165, 1.54) is 5.56 Å². The molecule has 0 saturated heterocycles. The van der Waals surface area contributed by atoms with Gasteiger partial charge in [-0.1, -0.05) is 23.3 Å². The number of nitrogens with zero attached hydrogens (tertiary/aromatic N) is 5. The number of aryl methyl sites for hydroxylation is 1. The zero-order valence-electron chi connectivity index (χ0n) is 12.6. The monoisotopic (exact) mass is 298 g/mol. The molecule has 22 heavy (non-hydrogen) atoms. The molecule has 0 atom stereocenters. The lowest BCUT2D eigenvalue weighted by atomic mass is 10.2. The predicted molar refractivity (Wildman–Crippen MR) is 82.6 cm³/mol. The number of benzene rings is 1. The van der Waals surface area contributed by atoms with Crippen LogP contribution in [0.15, 0.2) is 41.1 Å². The molecule has 7 nitrogen and oxygen atoms in total. The first-order valence-corrected chi connectivity index (χ1v) is 7.00. The van der Waals surface area contributed by atoms with Crippen LogP contribution in [0.5, 0.6) is 0 Å². The quantitative estimate of drug-likeness (QED) is 0.771. The minimum Gasteiger partial charge on any atom is -0.407 e. The molecule has 2 aromatic heterocycles. The summed E-state index contributed by atoms with van der Waals surface area (Å²) in [7, 11) is 1.89. The summed E-state index contributed by atoms with van der Waals surface area (Å²) in [5, 5.41) is 12.2. The van der Waals surface area contributed by atoms with Gasteiger partial charge in [-0.3, -0.25) is 0 Å². The van der Waals surface area contributed by atoms with Crippen LogP contribution < -0.4 is 10.6 Å². The number of hydrogen-bond donors (Lipinski definition) is 1. The zero-order chi connectivity index (χ0) is 15.5. The van der Waals surface area contributed by atoms with Gasteiger partial charge in [-0.25, -0.2) is 4.68 Å². The molecule has 0 amide bonds. The summed E-state index contributed by atoms with van der Waals surface area (Å²) in [6.07, 6.45) is 3.84. The van der Waals surface area contributed by atoms with Gasteiger partial charge >= 0.3 is 6.01 Å². The highest BCUT2D eigenvalue weighted by Crippen LogP contribution is 2.16. The van der Waals surface area contributed by atoms with Crippen molar-refractivity contribution in [1.82, 2.24) is 20.0 Å². The summed E-state index contributed by atoms with van der Waals surface area (Å²) >= 11 is 0. The maximum absolute atomic E-state index is 5.47. The summed E-state index contributed by atoms with van der Waals surface area (Å²) in [6, 6.07) is 8.57. The fourth-order valence-electron chi connectivity index (χ4n) is 2.22. The summed E-state index contributed by atoms with van der Waals surface area (Å²) in [6.45, 7) is 2.93. The molecule has 2 heterocycles. The lowest BCUT2D eigenvalue weighted by molar-refractivity contribution is 0.491. The Bertz CT molecular complexity index is 763. The van der Waals surface area contributed by atoms with Gasteiger partial charge in [-0.2, -0.15) is 5.10 Å². The number of hydrogen-bond acceptors (Lipinski definition) is 6. The Kier molecular flexibility index (Phi) is 3.88. The van der Waals surface area contributed by atoms with Gasteiger partial charge in [0.25, 0.3) is 0 Å². The minimum atomic E-state index is 0.242. The average Bonchev–Trinajstić information content (AvgIpc) is 3.16. The Hall–Kier alpha value is -2.67. The topological polar surface area (TPSA) is 86.0 Å². The molecular weight excluding hydrogens is 280 g/mol. The molecule has 1 aromatic carbocycles. The van der Waals surface area contributed by atoms with Crippen LogP contribution in [-0.2, 0) is 13.1 Å². The molecule has 2 N–H and O–H groups in total. The first-order chi connectivity index (χ1) is 10.7. The smallest absolute Gasteiger partial charge is 0.318 e. The second-order valence-electron chi connectivity index (χ2n) is 5.12. The third kappa shape index (κ3) is 2.84. The first kappa shape index (κ1) is 14.3. The summed E-state index contributed by atoms with van der Waals surface area (Å²) in [5.41, 5.74) is 8.77. The fraction of sp³-hybridized carbons (Fsp3) is 0.267. The summed E-state index contributed by atoms with van der Waals surface area (Å²) in [4.78, 5) is 1.87. The Morgan fingerprint density at radius 1 is 1.27 bits per heavy atom. The zero-order valence-corrected chi connectivity index (χ0v) is 12.6. The highest BCUT2D eigenvalue weighted by molar-refractivity contribution is 5.39. The molecule has 0 aliphatic rings. The fourth-order valence-corrected chi connectivity index (χ4v) is 2.22. The number of aromatic nitrogens is 4. The SMILES string of the molecule is Cc1ccccc1-n1cc(CN(C)c2nnc(CN)o2)cn1. The maximum atomic E-state index is 5.47. The van der Waals surface area contributed by atoms with Crippen LogP contribution in [0.25, 0.3) is 5.69 Å². The van der Waals surface area contributed by atoms with Crippen molar-refractivity contribution >= 4 is 6.01 Å². The van der Waals surface area contributed by atoms with Gasteiger partial charge in [0.1, 0.15) is 0 Å². The number of anilines is 1. The van der Waals surface area contributed by atoms with Crippen molar-refractivity contribution < 1.29 is 4.42 Å². The van der Waals surface area contributed by atoms with Gasteiger partial charge in [0.05, 0.1) is 25.0 Å². The lowest BCUT2D eigenvalue weighted by Crippen LogP contribution is -2.16. The van der Waals surface area contributed by atoms with Crippen LogP contribution in [0.3, 0.4) is 0 Å². The highest BCUT2D eigenvalue weighted by Gasteiger charge is 2.12. The van der Waals surface area contributed by atoms with E-state index in [1.807, 2.05) is 47.2 Å². The van der Waals surface area contributed by atoms with E-state index in [0.717, 1.165) is 11.3 Å². The molecule has 0 radical (unpaired) electrons. The van der Waals surface area contributed by atoms with E-state index >= 15 is 0 Å². The van der Waals surface area contributed by atoms with Gasteiger partial charge in [0.15, 0.2) is 0 Å². The van der Waals surface area contributed by atoms with Crippen molar-refractivity contribution in [3.63, 3.8) is 0 Å². The molecule has 114 valence electrons. The number of para-hydroxylation sites is 1. The van der Waals surface area contributed by atoms with E-state index in [0.29, 0.717) is 18.5 Å². The largest absolute Gasteiger partial charge is 0.407 e. The van der Waals surface area contributed by atoms with Gasteiger partial charge < -0.3 is 15.1 Å². The molecular formula is C15H18N6O. The number of nitrogens with two attached hydrogens (primary N) is 1. The molecule has 0 aliphatic carbocycles. The molecule has 3 aromatic rings. The van der Waals surface area contributed by atoms with Gasteiger partial charge in [-0.05, 0) is 18.6 Å². The van der Waals surface area contributed by atoms with Crippen LogP contribution in [0, 0.1) is 6.92 Å². The molecule has 0 unspecified atom stereocenters. The Morgan fingerprint density at radius 3 is 2.82 bits per heavy atom. The highest BCUT2D eigenvalue weighted by atomic mass is 16.4. The lowest BCUT2D eigenvalue weighted by Gasteiger charge is -2.11. The Balaban J connectivity index is 1.75. The van der Waals surface area contributed by atoms with Crippen molar-refractivity contribution in [3.05, 3.63) is 53.7 Å².